The van der Waals surface area contributed by atoms with Gasteiger partial charge in [-0.1, -0.05) is 11.3 Å². The van der Waals surface area contributed by atoms with Crippen molar-refractivity contribution in [2.75, 3.05) is 36.9 Å². The highest BCUT2D eigenvalue weighted by atomic mass is 32.1. The number of carbonyl (C=O) groups is 1. The molecule has 2 heterocycles. The zero-order valence-corrected chi connectivity index (χ0v) is 13.0. The van der Waals surface area contributed by atoms with Crippen molar-refractivity contribution in [2.45, 2.75) is 32.7 Å². The maximum Gasteiger partial charge on any atom is 0.265 e. The molecule has 0 spiro atoms. The minimum Gasteiger partial charge on any atom is -0.382 e. The lowest BCUT2D eigenvalue weighted by molar-refractivity contribution is 0.0894. The summed E-state index contributed by atoms with van der Waals surface area (Å²) in [6, 6.07) is 0. The van der Waals surface area contributed by atoms with Crippen molar-refractivity contribution in [3.8, 4) is 0 Å². The number of amides is 1. The van der Waals surface area contributed by atoms with E-state index in [9.17, 15) is 4.79 Å². The number of aromatic nitrogens is 1. The number of nitrogens with one attached hydrogen (secondary N) is 1. The lowest BCUT2D eigenvalue weighted by Crippen LogP contribution is -2.46. The first kappa shape index (κ1) is 15.1. The van der Waals surface area contributed by atoms with Crippen molar-refractivity contribution < 1.29 is 9.53 Å². The number of hydrogen-bond acceptors (Lipinski definition) is 6. The predicted molar refractivity (Wildman–Crippen MR) is 81.4 cm³/mol. The average molecular weight is 298 g/mol. The zero-order valence-electron chi connectivity index (χ0n) is 12.2. The summed E-state index contributed by atoms with van der Waals surface area (Å²) in [5, 5.41) is 3.81. The van der Waals surface area contributed by atoms with Crippen LogP contribution in [-0.2, 0) is 4.74 Å². The molecule has 0 aliphatic carbocycles. The van der Waals surface area contributed by atoms with Crippen LogP contribution in [0, 0.1) is 0 Å². The van der Waals surface area contributed by atoms with Crippen molar-refractivity contribution >= 4 is 28.2 Å². The quantitative estimate of drug-likeness (QED) is 0.860. The molecule has 20 heavy (non-hydrogen) atoms. The van der Waals surface area contributed by atoms with Crippen molar-refractivity contribution in [2.24, 2.45) is 0 Å². The van der Waals surface area contributed by atoms with Crippen LogP contribution in [-0.4, -0.2) is 42.7 Å². The van der Waals surface area contributed by atoms with Crippen LogP contribution < -0.4 is 16.0 Å². The molecule has 7 heteroatoms. The van der Waals surface area contributed by atoms with Gasteiger partial charge < -0.3 is 20.7 Å². The molecule has 1 aromatic rings. The minimum absolute atomic E-state index is 0.161. The van der Waals surface area contributed by atoms with E-state index in [2.05, 4.69) is 29.0 Å². The first-order chi connectivity index (χ1) is 9.49. The first-order valence-corrected chi connectivity index (χ1v) is 7.72. The molecule has 1 atom stereocenters. The van der Waals surface area contributed by atoms with Gasteiger partial charge in [0, 0.05) is 19.7 Å². The SMILES string of the molecule is CCN(CC)c1nc(N)c(C(=O)NC2(C)CCOC2)s1. The lowest BCUT2D eigenvalue weighted by atomic mass is 10.0. The van der Waals surface area contributed by atoms with E-state index in [1.807, 2.05) is 6.92 Å². The fourth-order valence-corrected chi connectivity index (χ4v) is 3.22. The number of nitrogen functional groups attached to an aromatic ring is 1. The highest BCUT2D eigenvalue weighted by Gasteiger charge is 2.32. The summed E-state index contributed by atoms with van der Waals surface area (Å²) in [5.74, 6) is 0.142. The number of thiazole rings is 1. The Morgan fingerprint density at radius 2 is 2.25 bits per heavy atom. The number of hydrogen-bond donors (Lipinski definition) is 2. The van der Waals surface area contributed by atoms with Crippen LogP contribution >= 0.6 is 11.3 Å². The van der Waals surface area contributed by atoms with E-state index in [0.717, 1.165) is 24.6 Å². The van der Waals surface area contributed by atoms with Crippen LogP contribution in [0.1, 0.15) is 36.9 Å². The number of nitrogens with zero attached hydrogens (tertiary/aromatic N) is 2. The van der Waals surface area contributed by atoms with Gasteiger partial charge in [0.1, 0.15) is 10.7 Å². The number of ether oxygens (including phenoxy) is 1. The van der Waals surface area contributed by atoms with Gasteiger partial charge in [-0.2, -0.15) is 0 Å². The molecule has 1 aliphatic rings. The summed E-state index contributed by atoms with van der Waals surface area (Å²) in [6.07, 6.45) is 0.820. The van der Waals surface area contributed by atoms with Gasteiger partial charge in [-0.15, -0.1) is 0 Å². The molecule has 2 rings (SSSR count). The van der Waals surface area contributed by atoms with Gasteiger partial charge in [0.05, 0.1) is 12.1 Å². The Balaban J connectivity index is 2.14. The van der Waals surface area contributed by atoms with Crippen molar-refractivity contribution in [3.05, 3.63) is 4.88 Å². The molecular weight excluding hydrogens is 276 g/mol. The predicted octanol–water partition coefficient (Wildman–Crippen LogP) is 1.48. The molecule has 112 valence electrons. The zero-order chi connectivity index (χ0) is 14.8. The number of anilines is 2. The summed E-state index contributed by atoms with van der Waals surface area (Å²) < 4.78 is 5.34. The number of carbonyl (C=O) groups excluding carboxylic acids is 1. The van der Waals surface area contributed by atoms with E-state index < -0.39 is 0 Å². The topological polar surface area (TPSA) is 80.5 Å². The summed E-state index contributed by atoms with van der Waals surface area (Å²) in [7, 11) is 0. The standard InChI is InChI=1S/C13H22N4O2S/c1-4-17(5-2)12-15-10(14)9(20-12)11(18)16-13(3)6-7-19-8-13/h4-8,14H2,1-3H3,(H,16,18). The van der Waals surface area contributed by atoms with Gasteiger partial charge in [-0.3, -0.25) is 4.79 Å². The van der Waals surface area contributed by atoms with Crippen molar-refractivity contribution in [1.29, 1.82) is 0 Å². The third-order valence-corrected chi connectivity index (χ3v) is 4.65. The second kappa shape index (κ2) is 5.97. The second-order valence-corrected chi connectivity index (χ2v) is 6.18. The maximum absolute atomic E-state index is 12.3. The van der Waals surface area contributed by atoms with E-state index in [0.29, 0.717) is 23.9 Å². The van der Waals surface area contributed by atoms with Crippen LogP contribution in [0.3, 0.4) is 0 Å². The molecule has 1 unspecified atom stereocenters. The molecule has 6 nitrogen and oxygen atoms in total. The highest BCUT2D eigenvalue weighted by Crippen LogP contribution is 2.29. The smallest absolute Gasteiger partial charge is 0.265 e. The normalized spacial score (nSPS) is 21.9. The Morgan fingerprint density at radius 3 is 2.80 bits per heavy atom. The van der Waals surface area contributed by atoms with Crippen LogP contribution in [0.2, 0.25) is 0 Å². The number of rotatable bonds is 5. The Hall–Kier alpha value is -1.34. The fourth-order valence-electron chi connectivity index (χ4n) is 2.21. The van der Waals surface area contributed by atoms with Crippen molar-refractivity contribution in [3.63, 3.8) is 0 Å². The molecular formula is C13H22N4O2S. The molecule has 3 N–H and O–H groups in total. The van der Waals surface area contributed by atoms with E-state index in [1.54, 1.807) is 0 Å². The number of nitrogens with two attached hydrogens (primary N) is 1. The maximum atomic E-state index is 12.3. The van der Waals surface area contributed by atoms with E-state index >= 15 is 0 Å². The Morgan fingerprint density at radius 1 is 1.55 bits per heavy atom. The van der Waals surface area contributed by atoms with Crippen LogP contribution in [0.15, 0.2) is 0 Å². The highest BCUT2D eigenvalue weighted by molar-refractivity contribution is 7.18. The summed E-state index contributed by atoms with van der Waals surface area (Å²) in [6.45, 7) is 9.00. The average Bonchev–Trinajstić information content (AvgIpc) is 2.98. The van der Waals surface area contributed by atoms with Crippen LogP contribution in [0.4, 0.5) is 10.9 Å². The molecule has 1 amide bonds. The summed E-state index contributed by atoms with van der Waals surface area (Å²) >= 11 is 1.34. The molecule has 1 fully saturated rings. The minimum atomic E-state index is -0.303. The van der Waals surface area contributed by atoms with Gasteiger partial charge in [0.25, 0.3) is 5.91 Å². The third kappa shape index (κ3) is 3.04. The molecule has 0 bridgehead atoms. The Labute approximate surface area is 123 Å². The van der Waals surface area contributed by atoms with Crippen LogP contribution in [0.5, 0.6) is 0 Å². The summed E-state index contributed by atoms with van der Waals surface area (Å²) in [5.41, 5.74) is 5.58. The third-order valence-electron chi connectivity index (χ3n) is 3.52. The van der Waals surface area contributed by atoms with Crippen LogP contribution in [0.25, 0.3) is 0 Å². The monoisotopic (exact) mass is 298 g/mol. The van der Waals surface area contributed by atoms with Gasteiger partial charge in [-0.05, 0) is 27.2 Å². The van der Waals surface area contributed by atoms with Gasteiger partial charge in [0.15, 0.2) is 5.13 Å². The van der Waals surface area contributed by atoms with E-state index in [-0.39, 0.29) is 11.4 Å². The summed E-state index contributed by atoms with van der Waals surface area (Å²) in [4.78, 5) is 19.2. The molecule has 0 radical (unpaired) electrons. The van der Waals surface area contributed by atoms with E-state index in [1.165, 1.54) is 11.3 Å². The van der Waals surface area contributed by atoms with Gasteiger partial charge >= 0.3 is 0 Å². The molecule has 0 saturated carbocycles. The Bertz CT molecular complexity index is 479. The van der Waals surface area contributed by atoms with E-state index in [4.69, 9.17) is 10.5 Å². The fraction of sp³-hybridized carbons (Fsp3) is 0.692. The molecule has 0 aromatic carbocycles. The van der Waals surface area contributed by atoms with Gasteiger partial charge in [0.2, 0.25) is 0 Å². The Kier molecular flexibility index (Phi) is 4.49. The first-order valence-electron chi connectivity index (χ1n) is 6.90. The van der Waals surface area contributed by atoms with Crippen molar-refractivity contribution in [1.82, 2.24) is 10.3 Å². The van der Waals surface area contributed by atoms with Gasteiger partial charge in [-0.25, -0.2) is 4.98 Å². The molecule has 1 aliphatic heterocycles. The molecule has 1 aromatic heterocycles. The second-order valence-electron chi connectivity index (χ2n) is 5.20. The molecule has 1 saturated heterocycles. The lowest BCUT2D eigenvalue weighted by Gasteiger charge is -2.23. The largest absolute Gasteiger partial charge is 0.382 e.